The fourth-order valence-corrected chi connectivity index (χ4v) is 5.97. The Labute approximate surface area is 201 Å². The molecule has 2 N–H and O–H groups in total. The van der Waals surface area contributed by atoms with E-state index < -0.39 is 32.7 Å². The molecule has 0 amide bonds. The number of nitrogens with one attached hydrogen (secondary N) is 1. The van der Waals surface area contributed by atoms with E-state index in [1.165, 1.54) is 6.07 Å². The lowest BCUT2D eigenvalue weighted by Gasteiger charge is -2.38. The van der Waals surface area contributed by atoms with Crippen LogP contribution in [0.3, 0.4) is 0 Å². The number of halogens is 1. The predicted octanol–water partition coefficient (Wildman–Crippen LogP) is 3.57. The molecule has 9 heteroatoms. The molecule has 1 aliphatic rings. The number of aliphatic hydroxyl groups excluding tert-OH is 1. The van der Waals surface area contributed by atoms with Crippen LogP contribution in [0.15, 0.2) is 52.9 Å². The lowest BCUT2D eigenvalue weighted by molar-refractivity contribution is 0.0759. The summed E-state index contributed by atoms with van der Waals surface area (Å²) in [7, 11) is 0.0759. The van der Waals surface area contributed by atoms with Crippen molar-refractivity contribution in [3.8, 4) is 0 Å². The molecule has 7 nitrogen and oxygen atoms in total. The zero-order valence-corrected chi connectivity index (χ0v) is 21.0. The third kappa shape index (κ3) is 6.34. The number of amidine groups is 1. The average molecular weight is 492 g/mol. The van der Waals surface area contributed by atoms with Crippen molar-refractivity contribution in [1.29, 1.82) is 0 Å². The fraction of sp³-hybridized carbons (Fsp3) is 0.480. The minimum Gasteiger partial charge on any atom is -0.457 e. The minimum absolute atomic E-state index is 0.155. The Hall–Kier alpha value is -2.49. The van der Waals surface area contributed by atoms with E-state index in [0.29, 0.717) is 11.1 Å². The molecule has 0 spiro atoms. The lowest BCUT2D eigenvalue weighted by Crippen LogP contribution is -2.47. The van der Waals surface area contributed by atoms with Gasteiger partial charge in [-0.1, -0.05) is 42.5 Å². The highest BCUT2D eigenvalue weighted by Gasteiger charge is 2.47. The van der Waals surface area contributed by atoms with Gasteiger partial charge in [0.25, 0.3) is 10.0 Å². The largest absolute Gasteiger partial charge is 0.457 e. The first-order chi connectivity index (χ1) is 16.0. The van der Waals surface area contributed by atoms with Gasteiger partial charge in [0.2, 0.25) is 0 Å². The van der Waals surface area contributed by atoms with Gasteiger partial charge >= 0.3 is 6.02 Å². The highest BCUT2D eigenvalue weighted by molar-refractivity contribution is 7.90. The monoisotopic (exact) mass is 491 g/mol. The van der Waals surface area contributed by atoms with Crippen molar-refractivity contribution in [2.24, 2.45) is 4.40 Å². The Morgan fingerprint density at radius 3 is 2.44 bits per heavy atom. The molecule has 2 atom stereocenters. The molecule has 0 saturated heterocycles. The van der Waals surface area contributed by atoms with E-state index >= 15 is 0 Å². The van der Waals surface area contributed by atoms with E-state index in [1.54, 1.807) is 32.0 Å². The van der Waals surface area contributed by atoms with Crippen LogP contribution < -0.4 is 5.32 Å². The summed E-state index contributed by atoms with van der Waals surface area (Å²) in [5.74, 6) is -0.462. The lowest BCUT2D eigenvalue weighted by atomic mass is 9.96. The van der Waals surface area contributed by atoms with Crippen molar-refractivity contribution >= 4 is 16.0 Å². The quantitative estimate of drug-likeness (QED) is 0.557. The number of benzene rings is 2. The average Bonchev–Trinajstić information content (AvgIpc) is 2.73. The summed E-state index contributed by atoms with van der Waals surface area (Å²) in [6.45, 7) is 4.15. The number of hydrogen-bond acceptors (Lipinski definition) is 6. The number of rotatable bonds is 9. The Morgan fingerprint density at radius 2 is 1.85 bits per heavy atom. The van der Waals surface area contributed by atoms with E-state index in [9.17, 15) is 17.9 Å². The summed E-state index contributed by atoms with van der Waals surface area (Å²) in [4.78, 5) is 2.13. The third-order valence-corrected chi connectivity index (χ3v) is 7.70. The van der Waals surface area contributed by atoms with Crippen molar-refractivity contribution in [2.45, 2.75) is 50.0 Å². The van der Waals surface area contributed by atoms with E-state index in [-0.39, 0.29) is 19.0 Å². The molecule has 0 aliphatic carbocycles. The second-order valence-electron chi connectivity index (χ2n) is 9.38. The highest BCUT2D eigenvalue weighted by Crippen LogP contribution is 2.40. The number of aliphatic hydroxyl groups is 1. The molecule has 0 saturated carbocycles. The van der Waals surface area contributed by atoms with Gasteiger partial charge in [0.15, 0.2) is 0 Å². The van der Waals surface area contributed by atoms with E-state index in [1.807, 2.05) is 38.4 Å². The molecule has 1 aliphatic heterocycles. The number of nitrogens with zero attached hydrogens (tertiary/aromatic N) is 2. The molecular weight excluding hydrogens is 457 g/mol. The van der Waals surface area contributed by atoms with Crippen molar-refractivity contribution < 1.29 is 22.7 Å². The molecule has 1 unspecified atom stereocenters. The molecule has 186 valence electrons. The summed E-state index contributed by atoms with van der Waals surface area (Å²) >= 11 is 0. The van der Waals surface area contributed by atoms with Crippen LogP contribution in [0.25, 0.3) is 0 Å². The van der Waals surface area contributed by atoms with Crippen LogP contribution in [0.2, 0.25) is 0 Å². The van der Waals surface area contributed by atoms with Crippen LogP contribution in [-0.4, -0.2) is 57.3 Å². The number of ether oxygens (including phenoxy) is 1. The van der Waals surface area contributed by atoms with E-state index in [2.05, 4.69) is 14.6 Å². The molecule has 0 fully saturated rings. The third-order valence-electron chi connectivity index (χ3n) is 5.85. The molecule has 1 heterocycles. The van der Waals surface area contributed by atoms with Crippen molar-refractivity contribution in [2.75, 3.05) is 27.2 Å². The molecule has 0 aromatic heterocycles. The second-order valence-corrected chi connectivity index (χ2v) is 11.1. The molecule has 2 aromatic carbocycles. The SMILES string of the molecule is CN(C)CCCc1ccc(C2C(C)(C)OC(N[C@@H](CCO)c3ccccc3F)=NS2(=O)=O)cc1. The zero-order valence-electron chi connectivity index (χ0n) is 20.2. The van der Waals surface area contributed by atoms with Gasteiger partial charge < -0.3 is 20.1 Å². The Kier molecular flexibility index (Phi) is 8.33. The zero-order chi connectivity index (χ0) is 24.9. The predicted molar refractivity (Wildman–Crippen MR) is 132 cm³/mol. The second kappa shape index (κ2) is 10.8. The van der Waals surface area contributed by atoms with Crippen LogP contribution in [0.5, 0.6) is 0 Å². The first kappa shape index (κ1) is 26.1. The van der Waals surface area contributed by atoms with Gasteiger partial charge in [0, 0.05) is 12.2 Å². The minimum atomic E-state index is -3.99. The smallest absolute Gasteiger partial charge is 0.301 e. The first-order valence-corrected chi connectivity index (χ1v) is 12.9. The molecule has 0 bridgehead atoms. The maximum atomic E-state index is 14.3. The first-order valence-electron chi connectivity index (χ1n) is 11.4. The molecular formula is C25H34FN3O4S. The molecule has 2 aromatic rings. The summed E-state index contributed by atoms with van der Waals surface area (Å²) in [6, 6.07) is 12.8. The van der Waals surface area contributed by atoms with Gasteiger partial charge in [0.05, 0.1) is 6.04 Å². The van der Waals surface area contributed by atoms with Crippen molar-refractivity contribution in [1.82, 2.24) is 10.2 Å². The topological polar surface area (TPSA) is 91.2 Å². The number of hydrogen-bond donors (Lipinski definition) is 2. The normalized spacial score (nSPS) is 19.9. The Bertz CT molecular complexity index is 1100. The van der Waals surface area contributed by atoms with Crippen molar-refractivity contribution in [3.63, 3.8) is 0 Å². The van der Waals surface area contributed by atoms with Crippen LogP contribution >= 0.6 is 0 Å². The maximum absolute atomic E-state index is 14.3. The van der Waals surface area contributed by atoms with Gasteiger partial charge in [-0.25, -0.2) is 12.8 Å². The van der Waals surface area contributed by atoms with Gasteiger partial charge in [-0.3, -0.25) is 0 Å². The van der Waals surface area contributed by atoms with Crippen LogP contribution in [0, 0.1) is 5.82 Å². The fourth-order valence-electron chi connectivity index (χ4n) is 4.28. The number of aryl methyl sites for hydroxylation is 1. The van der Waals surface area contributed by atoms with Crippen molar-refractivity contribution in [3.05, 3.63) is 71.0 Å². The molecule has 34 heavy (non-hydrogen) atoms. The number of sulfonamides is 1. The maximum Gasteiger partial charge on any atom is 0.301 e. The van der Waals surface area contributed by atoms with Gasteiger partial charge in [0.1, 0.15) is 16.7 Å². The standard InChI is InChI=1S/C25H34FN3O4S/c1-25(2)23(19-13-11-18(12-14-19)8-7-16-29(3)4)34(31,32)28-24(33-25)27-22(15-17-30)20-9-5-6-10-21(20)26/h5-6,9-14,22-23,30H,7-8,15-17H2,1-4H3,(H,27,28)/t22-,23?/m0/s1. The van der Waals surface area contributed by atoms with E-state index in [0.717, 1.165) is 24.9 Å². The summed E-state index contributed by atoms with van der Waals surface area (Å²) < 4.78 is 50.7. The summed E-state index contributed by atoms with van der Waals surface area (Å²) in [5, 5.41) is 11.3. The van der Waals surface area contributed by atoms with Crippen LogP contribution in [-0.2, 0) is 21.2 Å². The molecule has 0 radical (unpaired) electrons. The summed E-state index contributed by atoms with van der Waals surface area (Å²) in [6.07, 6.45) is 2.08. The molecule has 3 rings (SSSR count). The Balaban J connectivity index is 1.83. The Morgan fingerprint density at radius 1 is 1.18 bits per heavy atom. The summed E-state index contributed by atoms with van der Waals surface area (Å²) in [5.41, 5.74) is 0.907. The van der Waals surface area contributed by atoms with Gasteiger partial charge in [-0.05, 0) is 70.9 Å². The highest BCUT2D eigenvalue weighted by atomic mass is 32.2. The van der Waals surface area contributed by atoms with E-state index in [4.69, 9.17) is 4.74 Å². The van der Waals surface area contributed by atoms with Gasteiger partial charge in [-0.2, -0.15) is 0 Å². The van der Waals surface area contributed by atoms with Crippen LogP contribution in [0.4, 0.5) is 4.39 Å². The van der Waals surface area contributed by atoms with Gasteiger partial charge in [-0.15, -0.1) is 4.40 Å². The van der Waals surface area contributed by atoms with Crippen LogP contribution in [0.1, 0.15) is 54.7 Å².